The highest BCUT2D eigenvalue weighted by molar-refractivity contribution is 5.96. The number of fused-ring (bicyclic) bond motifs is 1. The van der Waals surface area contributed by atoms with Crippen molar-refractivity contribution in [2.45, 2.75) is 0 Å². The summed E-state index contributed by atoms with van der Waals surface area (Å²) in [6.07, 6.45) is 2.83. The molecule has 0 bridgehead atoms. The molecule has 2 heterocycles. The van der Waals surface area contributed by atoms with Crippen molar-refractivity contribution in [1.82, 2.24) is 9.61 Å². The Hall–Kier alpha value is -2.35. The normalized spacial score (nSPS) is 9.93. The Kier molecular flexibility index (Phi) is 1.68. The Labute approximate surface area is 78.8 Å². The van der Waals surface area contributed by atoms with Crippen LogP contribution in [0.4, 0.5) is 0 Å². The fourth-order valence-electron chi connectivity index (χ4n) is 1.29. The number of carbonyl (C=O) groups is 1. The van der Waals surface area contributed by atoms with Crippen LogP contribution in [-0.4, -0.2) is 20.7 Å². The maximum absolute atomic E-state index is 10.8. The van der Waals surface area contributed by atoms with Crippen molar-refractivity contribution in [2.75, 3.05) is 0 Å². The third-order valence-corrected chi connectivity index (χ3v) is 1.89. The van der Waals surface area contributed by atoms with Gasteiger partial charge in [0.15, 0.2) is 0 Å². The van der Waals surface area contributed by atoms with Crippen molar-refractivity contribution >= 4 is 11.5 Å². The minimum atomic E-state index is -1.08. The van der Waals surface area contributed by atoms with Crippen molar-refractivity contribution in [3.8, 4) is 6.07 Å². The summed E-state index contributed by atoms with van der Waals surface area (Å²) in [5.74, 6) is -1.08. The van der Waals surface area contributed by atoms with Gasteiger partial charge in [0, 0.05) is 6.20 Å². The molecule has 0 unspecified atom stereocenters. The van der Waals surface area contributed by atoms with Crippen LogP contribution in [-0.2, 0) is 0 Å². The van der Waals surface area contributed by atoms with Crippen LogP contribution in [0.3, 0.4) is 0 Å². The molecule has 14 heavy (non-hydrogen) atoms. The van der Waals surface area contributed by atoms with Gasteiger partial charge >= 0.3 is 5.97 Å². The Bertz CT molecular complexity index is 551. The van der Waals surface area contributed by atoms with Gasteiger partial charge in [0.1, 0.15) is 11.6 Å². The second-order valence-electron chi connectivity index (χ2n) is 2.69. The lowest BCUT2D eigenvalue weighted by Crippen LogP contribution is -1.97. The second-order valence-corrected chi connectivity index (χ2v) is 2.69. The Morgan fingerprint density at radius 3 is 3.07 bits per heavy atom. The van der Waals surface area contributed by atoms with Gasteiger partial charge < -0.3 is 5.11 Å². The lowest BCUT2D eigenvalue weighted by atomic mass is 10.2. The van der Waals surface area contributed by atoms with E-state index in [1.54, 1.807) is 18.3 Å². The molecule has 68 valence electrons. The average molecular weight is 187 g/mol. The summed E-state index contributed by atoms with van der Waals surface area (Å²) in [6, 6.07) is 5.13. The van der Waals surface area contributed by atoms with Gasteiger partial charge in [-0.2, -0.15) is 10.4 Å². The Morgan fingerprint density at radius 2 is 2.43 bits per heavy atom. The predicted octanol–water partition coefficient (Wildman–Crippen LogP) is 0.904. The molecule has 0 amide bonds. The number of aromatic carboxylic acids is 1. The third kappa shape index (κ3) is 1.02. The van der Waals surface area contributed by atoms with Gasteiger partial charge in [-0.1, -0.05) is 0 Å². The molecule has 0 aliphatic carbocycles. The highest BCUT2D eigenvalue weighted by Gasteiger charge is 2.13. The Morgan fingerprint density at radius 1 is 1.64 bits per heavy atom. The maximum Gasteiger partial charge on any atom is 0.339 e. The van der Waals surface area contributed by atoms with E-state index in [1.165, 1.54) is 10.7 Å². The number of hydrogen-bond donors (Lipinski definition) is 1. The van der Waals surface area contributed by atoms with E-state index in [4.69, 9.17) is 10.4 Å². The van der Waals surface area contributed by atoms with Crippen LogP contribution in [0.1, 0.15) is 15.9 Å². The van der Waals surface area contributed by atoms with E-state index < -0.39 is 5.97 Å². The molecule has 0 aliphatic heterocycles. The van der Waals surface area contributed by atoms with E-state index in [1.807, 2.05) is 6.07 Å². The maximum atomic E-state index is 10.8. The molecule has 0 fully saturated rings. The number of pyridine rings is 1. The molecule has 0 aromatic carbocycles. The number of carboxylic acid groups (broad SMARTS) is 1. The van der Waals surface area contributed by atoms with Gasteiger partial charge in [-0.3, -0.25) is 0 Å². The fourth-order valence-corrected chi connectivity index (χ4v) is 1.29. The number of rotatable bonds is 1. The van der Waals surface area contributed by atoms with Gasteiger partial charge in [-0.25, -0.2) is 9.31 Å². The van der Waals surface area contributed by atoms with Crippen molar-refractivity contribution in [1.29, 1.82) is 5.26 Å². The zero-order valence-electron chi connectivity index (χ0n) is 7.01. The van der Waals surface area contributed by atoms with Crippen LogP contribution in [0.5, 0.6) is 0 Å². The summed E-state index contributed by atoms with van der Waals surface area (Å²) in [6.45, 7) is 0. The summed E-state index contributed by atoms with van der Waals surface area (Å²) < 4.78 is 1.38. The molecular weight excluding hydrogens is 182 g/mol. The first-order valence-electron chi connectivity index (χ1n) is 3.84. The number of nitriles is 1. The lowest BCUT2D eigenvalue weighted by molar-refractivity contribution is 0.0699. The number of nitrogens with zero attached hydrogens (tertiary/aromatic N) is 3. The van der Waals surface area contributed by atoms with Crippen molar-refractivity contribution in [3.05, 3.63) is 35.7 Å². The largest absolute Gasteiger partial charge is 0.478 e. The standard InChI is InChI=1S/C9H5N3O2/c10-4-6-2-1-3-12-8(6)7(5-11-12)9(13)14/h1-3,5H,(H,13,14). The van der Waals surface area contributed by atoms with E-state index in [9.17, 15) is 4.79 Å². The van der Waals surface area contributed by atoms with Gasteiger partial charge in [0.05, 0.1) is 17.3 Å². The Balaban J connectivity index is 2.89. The minimum absolute atomic E-state index is 0.0437. The van der Waals surface area contributed by atoms with E-state index in [0.717, 1.165) is 0 Å². The first-order valence-corrected chi connectivity index (χ1v) is 3.84. The van der Waals surface area contributed by atoms with E-state index in [2.05, 4.69) is 5.10 Å². The van der Waals surface area contributed by atoms with Gasteiger partial charge in [-0.15, -0.1) is 0 Å². The molecule has 0 saturated heterocycles. The molecule has 5 nitrogen and oxygen atoms in total. The summed E-state index contributed by atoms with van der Waals surface area (Å²) in [4.78, 5) is 10.8. The number of aromatic nitrogens is 2. The van der Waals surface area contributed by atoms with E-state index in [0.29, 0.717) is 11.1 Å². The average Bonchev–Trinajstić information content (AvgIpc) is 2.60. The number of carboxylic acids is 1. The van der Waals surface area contributed by atoms with Crippen molar-refractivity contribution in [3.63, 3.8) is 0 Å². The molecule has 5 heteroatoms. The highest BCUT2D eigenvalue weighted by atomic mass is 16.4. The first kappa shape index (κ1) is 8.26. The van der Waals surface area contributed by atoms with Crippen molar-refractivity contribution in [2.24, 2.45) is 0 Å². The smallest absolute Gasteiger partial charge is 0.339 e. The molecule has 0 aliphatic rings. The van der Waals surface area contributed by atoms with Crippen LogP contribution >= 0.6 is 0 Å². The quantitative estimate of drug-likeness (QED) is 0.719. The highest BCUT2D eigenvalue weighted by Crippen LogP contribution is 2.14. The molecule has 0 radical (unpaired) electrons. The molecular formula is C9H5N3O2. The van der Waals surface area contributed by atoms with Crippen LogP contribution in [0.15, 0.2) is 24.5 Å². The zero-order valence-corrected chi connectivity index (χ0v) is 7.01. The third-order valence-electron chi connectivity index (χ3n) is 1.89. The molecule has 0 saturated carbocycles. The number of hydrogen-bond acceptors (Lipinski definition) is 3. The van der Waals surface area contributed by atoms with Gasteiger partial charge in [0.25, 0.3) is 0 Å². The van der Waals surface area contributed by atoms with Crippen LogP contribution in [0.25, 0.3) is 5.52 Å². The molecule has 0 atom stereocenters. The second kappa shape index (κ2) is 2.85. The molecule has 2 aromatic heterocycles. The topological polar surface area (TPSA) is 78.4 Å². The predicted molar refractivity (Wildman–Crippen MR) is 46.9 cm³/mol. The molecule has 2 aromatic rings. The van der Waals surface area contributed by atoms with E-state index in [-0.39, 0.29) is 5.56 Å². The van der Waals surface area contributed by atoms with Gasteiger partial charge in [0.2, 0.25) is 0 Å². The summed E-state index contributed by atoms with van der Waals surface area (Å²) >= 11 is 0. The van der Waals surface area contributed by atoms with Crippen molar-refractivity contribution < 1.29 is 9.90 Å². The van der Waals surface area contributed by atoms with Crippen LogP contribution < -0.4 is 0 Å². The summed E-state index contributed by atoms with van der Waals surface area (Å²) in [5, 5.41) is 21.4. The molecule has 1 N–H and O–H groups in total. The minimum Gasteiger partial charge on any atom is -0.478 e. The van der Waals surface area contributed by atoms with E-state index >= 15 is 0 Å². The fraction of sp³-hybridized carbons (Fsp3) is 0. The van der Waals surface area contributed by atoms with Crippen LogP contribution in [0, 0.1) is 11.3 Å². The molecule has 0 spiro atoms. The first-order chi connectivity index (χ1) is 6.74. The monoisotopic (exact) mass is 187 g/mol. The molecule has 2 rings (SSSR count). The summed E-state index contributed by atoms with van der Waals surface area (Å²) in [5.41, 5.74) is 0.687. The zero-order chi connectivity index (χ0) is 10.1. The summed E-state index contributed by atoms with van der Waals surface area (Å²) in [7, 11) is 0. The lowest BCUT2D eigenvalue weighted by Gasteiger charge is -1.95. The van der Waals surface area contributed by atoms with Crippen LogP contribution in [0.2, 0.25) is 0 Å². The SMILES string of the molecule is N#Cc1cccn2ncc(C(=O)O)c12. The van der Waals surface area contributed by atoms with Gasteiger partial charge in [-0.05, 0) is 12.1 Å².